The molecule has 0 aliphatic rings. The Morgan fingerprint density at radius 3 is 2.32 bits per heavy atom. The molecule has 19 heavy (non-hydrogen) atoms. The maximum Gasteiger partial charge on any atom is 0.662 e. The van der Waals surface area contributed by atoms with Gasteiger partial charge < -0.3 is 0 Å². The van der Waals surface area contributed by atoms with Gasteiger partial charge in [-0.05, 0) is 11.6 Å². The fraction of sp³-hybridized carbons (Fsp3) is 0.0625. The quantitative estimate of drug-likeness (QED) is 0.503. The maximum atomic E-state index is 11.5. The lowest BCUT2D eigenvalue weighted by Gasteiger charge is -1.92. The van der Waals surface area contributed by atoms with Crippen LogP contribution in [0.5, 0.6) is 0 Å². The summed E-state index contributed by atoms with van der Waals surface area (Å²) in [6.45, 7) is 0.617. The predicted octanol–water partition coefficient (Wildman–Crippen LogP) is 1.92. The molecule has 0 spiro atoms. The van der Waals surface area contributed by atoms with Crippen LogP contribution in [-0.4, -0.2) is 5.97 Å². The fourth-order valence-corrected chi connectivity index (χ4v) is 1.60. The molecule has 0 saturated carbocycles. The smallest absolute Gasteiger partial charge is 0.0843 e. The largest absolute Gasteiger partial charge is 0.662 e. The SMILES string of the molecule is [O+]=C(/C=C/c1ccccc1)O[NH2+]Cc1ccccc1. The molecule has 3 heteroatoms. The van der Waals surface area contributed by atoms with Crippen molar-refractivity contribution in [2.75, 3.05) is 0 Å². The third-order valence-electron chi connectivity index (χ3n) is 2.57. The molecule has 0 aliphatic heterocycles. The monoisotopic (exact) mass is 254 g/mol. The second-order valence-electron chi connectivity index (χ2n) is 4.04. The van der Waals surface area contributed by atoms with Crippen molar-refractivity contribution in [3.8, 4) is 0 Å². The van der Waals surface area contributed by atoms with Crippen LogP contribution in [0, 0.1) is 0 Å². The molecule has 0 aliphatic carbocycles. The zero-order valence-electron chi connectivity index (χ0n) is 10.5. The number of quaternary nitrogens is 1. The van der Waals surface area contributed by atoms with Crippen molar-refractivity contribution in [3.05, 3.63) is 77.9 Å². The Morgan fingerprint density at radius 1 is 1.00 bits per heavy atom. The van der Waals surface area contributed by atoms with Gasteiger partial charge in [-0.15, -0.1) is 0 Å². The summed E-state index contributed by atoms with van der Waals surface area (Å²) in [5.41, 5.74) is 3.61. The van der Waals surface area contributed by atoms with Gasteiger partial charge in [-0.25, -0.2) is 0 Å². The number of nitrogens with two attached hydrogens (primary N) is 1. The predicted molar refractivity (Wildman–Crippen MR) is 73.6 cm³/mol. The van der Waals surface area contributed by atoms with E-state index in [2.05, 4.69) is 0 Å². The summed E-state index contributed by atoms with van der Waals surface area (Å²) in [5.74, 6) is -0.361. The number of rotatable bonds is 5. The first kappa shape index (κ1) is 13.1. The van der Waals surface area contributed by atoms with Crippen LogP contribution in [0.3, 0.4) is 0 Å². The molecule has 3 nitrogen and oxygen atoms in total. The van der Waals surface area contributed by atoms with Gasteiger partial charge in [0.25, 0.3) is 0 Å². The molecule has 0 heterocycles. The molecule has 0 aromatic heterocycles. The molecule has 0 unspecified atom stereocenters. The van der Waals surface area contributed by atoms with E-state index in [0.717, 1.165) is 11.1 Å². The average Bonchev–Trinajstić information content (AvgIpc) is 2.47. The Balaban J connectivity index is 1.75. The molecule has 0 atom stereocenters. The molecule has 0 saturated heterocycles. The number of hydroxylamine groups is 1. The second-order valence-corrected chi connectivity index (χ2v) is 4.04. The summed E-state index contributed by atoms with van der Waals surface area (Å²) in [6, 6.07) is 19.5. The molecule has 95 valence electrons. The van der Waals surface area contributed by atoms with Crippen LogP contribution in [-0.2, 0) is 16.2 Å². The molecule has 0 bridgehead atoms. The number of hydrogen-bond donors (Lipinski definition) is 1. The number of carbonyl (C=O) groups excluding carboxylic acids is 1. The van der Waals surface area contributed by atoms with Crippen molar-refractivity contribution in [1.82, 2.24) is 0 Å². The van der Waals surface area contributed by atoms with Gasteiger partial charge in [-0.1, -0.05) is 71.0 Å². The minimum atomic E-state index is -0.361. The Morgan fingerprint density at radius 2 is 1.63 bits per heavy atom. The minimum absolute atomic E-state index is 0.361. The summed E-state index contributed by atoms with van der Waals surface area (Å²) in [6.07, 6.45) is 3.16. The van der Waals surface area contributed by atoms with Crippen molar-refractivity contribution >= 4 is 12.0 Å². The third kappa shape index (κ3) is 4.77. The topological polar surface area (TPSA) is 45.7 Å². The van der Waals surface area contributed by atoms with Gasteiger partial charge in [-0.2, -0.15) is 0 Å². The first-order valence-electron chi connectivity index (χ1n) is 6.14. The summed E-state index contributed by atoms with van der Waals surface area (Å²) in [7, 11) is 0. The van der Waals surface area contributed by atoms with Crippen LogP contribution in [0.2, 0.25) is 0 Å². The molecule has 2 aromatic carbocycles. The highest BCUT2D eigenvalue weighted by Crippen LogP contribution is 2.00. The first-order chi connectivity index (χ1) is 9.34. The fourth-order valence-electron chi connectivity index (χ4n) is 1.60. The minimum Gasteiger partial charge on any atom is -0.0843 e. The van der Waals surface area contributed by atoms with Gasteiger partial charge in [0.2, 0.25) is 0 Å². The van der Waals surface area contributed by atoms with E-state index in [9.17, 15) is 4.79 Å². The van der Waals surface area contributed by atoms with E-state index in [1.807, 2.05) is 60.7 Å². The summed E-state index contributed by atoms with van der Waals surface area (Å²) in [5, 5.41) is 0. The lowest BCUT2D eigenvalue weighted by molar-refractivity contribution is -0.884. The number of hydrogen-bond acceptors (Lipinski definition) is 2. The van der Waals surface area contributed by atoms with E-state index in [0.29, 0.717) is 6.54 Å². The molecule has 0 amide bonds. The summed E-state index contributed by atoms with van der Waals surface area (Å²) < 4.78 is 0. The maximum absolute atomic E-state index is 11.5. The van der Waals surface area contributed by atoms with Crippen LogP contribution >= 0.6 is 0 Å². The van der Waals surface area contributed by atoms with Gasteiger partial charge in [0.1, 0.15) is 6.08 Å². The van der Waals surface area contributed by atoms with Gasteiger partial charge in [0.05, 0.1) is 4.79 Å². The van der Waals surface area contributed by atoms with Crippen molar-refractivity contribution in [2.24, 2.45) is 0 Å². The number of carbonyl (C=O) groups is 1. The van der Waals surface area contributed by atoms with E-state index in [1.54, 1.807) is 6.08 Å². The zero-order chi connectivity index (χ0) is 13.3. The van der Waals surface area contributed by atoms with E-state index in [-0.39, 0.29) is 5.97 Å². The van der Waals surface area contributed by atoms with Crippen molar-refractivity contribution < 1.29 is 15.1 Å². The van der Waals surface area contributed by atoms with E-state index < -0.39 is 0 Å². The molecule has 0 fully saturated rings. The Labute approximate surface area is 112 Å². The first-order valence-corrected chi connectivity index (χ1v) is 6.14. The standard InChI is InChI=1S/C16H15NO2/c18-16(12-11-14-7-3-1-4-8-14)19-17-13-15-9-5-2-6-10-15/h1-12,17H,13H2/q+1/p+1/b12-11+. The summed E-state index contributed by atoms with van der Waals surface area (Å²) >= 11 is 0. The summed E-state index contributed by atoms with van der Waals surface area (Å²) in [4.78, 5) is 16.5. The van der Waals surface area contributed by atoms with Crippen LogP contribution in [0.25, 0.3) is 6.08 Å². The van der Waals surface area contributed by atoms with Gasteiger partial charge in [0.15, 0.2) is 6.54 Å². The Kier molecular flexibility index (Phi) is 4.90. The van der Waals surface area contributed by atoms with Crippen LogP contribution < -0.4 is 5.48 Å². The molecule has 1 radical (unpaired) electrons. The van der Waals surface area contributed by atoms with Gasteiger partial charge in [0, 0.05) is 5.56 Å². The van der Waals surface area contributed by atoms with Crippen molar-refractivity contribution in [2.45, 2.75) is 6.54 Å². The van der Waals surface area contributed by atoms with Crippen LogP contribution in [0.15, 0.2) is 66.7 Å². The molecule has 2 aromatic rings. The highest BCUT2D eigenvalue weighted by molar-refractivity contribution is 5.86. The lowest BCUT2D eigenvalue weighted by atomic mass is 10.2. The zero-order valence-corrected chi connectivity index (χ0v) is 10.5. The average molecular weight is 254 g/mol. The van der Waals surface area contributed by atoms with Gasteiger partial charge >= 0.3 is 5.97 Å². The van der Waals surface area contributed by atoms with E-state index >= 15 is 0 Å². The van der Waals surface area contributed by atoms with Gasteiger partial charge in [-0.3, -0.25) is 0 Å². The molecular weight excluding hydrogens is 238 g/mol. The van der Waals surface area contributed by atoms with Crippen LogP contribution in [0.4, 0.5) is 0 Å². The van der Waals surface area contributed by atoms with E-state index in [4.69, 9.17) is 4.84 Å². The van der Waals surface area contributed by atoms with Crippen molar-refractivity contribution in [3.63, 3.8) is 0 Å². The number of benzene rings is 2. The van der Waals surface area contributed by atoms with E-state index in [1.165, 1.54) is 11.6 Å². The lowest BCUT2D eigenvalue weighted by Crippen LogP contribution is -2.82. The third-order valence-corrected chi connectivity index (χ3v) is 2.57. The molecular formula is C16H16NO2+2. The second kappa shape index (κ2) is 7.13. The Bertz CT molecular complexity index is 535. The molecule has 2 rings (SSSR count). The molecule has 2 N–H and O–H groups in total. The van der Waals surface area contributed by atoms with Crippen LogP contribution in [0.1, 0.15) is 11.1 Å². The normalized spacial score (nSPS) is 10.5. The highest BCUT2D eigenvalue weighted by atomic mass is 16.7. The highest BCUT2D eigenvalue weighted by Gasteiger charge is 2.15. The van der Waals surface area contributed by atoms with Crippen molar-refractivity contribution in [1.29, 1.82) is 0 Å². The Hall–Kier alpha value is -2.39.